The molecule has 1 aromatic carbocycles. The molecule has 15 heavy (non-hydrogen) atoms. The maximum Gasteiger partial charge on any atom is 0.397 e. The van der Waals surface area contributed by atoms with Crippen molar-refractivity contribution in [1.29, 1.82) is 0 Å². The number of aliphatic hydroxyl groups is 1. The van der Waals surface area contributed by atoms with Crippen LogP contribution in [-0.2, 0) is 14.6 Å². The fourth-order valence-corrected chi connectivity index (χ4v) is 1.65. The molecule has 1 rings (SSSR count). The van der Waals surface area contributed by atoms with Gasteiger partial charge in [-0.2, -0.15) is 8.42 Å². The zero-order chi connectivity index (χ0) is 11.5. The van der Waals surface area contributed by atoms with Gasteiger partial charge in [0.2, 0.25) is 0 Å². The summed E-state index contributed by atoms with van der Waals surface area (Å²) in [6.45, 7) is 1.35. The summed E-state index contributed by atoms with van der Waals surface area (Å²) in [5, 5.41) is 9.65. The number of hydrogen-bond donors (Lipinski definition) is 2. The summed E-state index contributed by atoms with van der Waals surface area (Å²) in [6, 6.07) is 8.45. The quantitative estimate of drug-likeness (QED) is 0.754. The Kier molecular flexibility index (Phi) is 3.81. The molecule has 0 bridgehead atoms. The van der Waals surface area contributed by atoms with Crippen LogP contribution in [-0.4, -0.2) is 24.2 Å². The molecular weight excluding hydrogens is 220 g/mol. The Morgan fingerprint density at radius 1 is 1.27 bits per heavy atom. The zero-order valence-corrected chi connectivity index (χ0v) is 8.89. The summed E-state index contributed by atoms with van der Waals surface area (Å²) in [4.78, 5) is 0. The normalized spacial score (nSPS) is 15.9. The van der Waals surface area contributed by atoms with Gasteiger partial charge in [-0.05, 0) is 12.5 Å². The van der Waals surface area contributed by atoms with E-state index in [1.165, 1.54) is 6.92 Å². The molecule has 0 aromatic heterocycles. The molecule has 0 heterocycles. The minimum atomic E-state index is -4.54. The van der Waals surface area contributed by atoms with Crippen molar-refractivity contribution in [1.82, 2.24) is 0 Å². The van der Waals surface area contributed by atoms with E-state index in [4.69, 9.17) is 4.55 Å². The standard InChI is InChI=1S/C9H12O5S/c1-7(14-15(11,12)13)9(10)8-5-3-2-4-6-8/h2-7,9-10H,1H3,(H,11,12,13). The van der Waals surface area contributed by atoms with Crippen molar-refractivity contribution in [3.63, 3.8) is 0 Å². The SMILES string of the molecule is CC(OS(=O)(=O)O)C(O)c1ccccc1. The van der Waals surface area contributed by atoms with Gasteiger partial charge in [-0.1, -0.05) is 30.3 Å². The predicted octanol–water partition coefficient (Wildman–Crippen LogP) is 0.928. The summed E-state index contributed by atoms with van der Waals surface area (Å²) in [5.41, 5.74) is 0.522. The zero-order valence-electron chi connectivity index (χ0n) is 8.07. The summed E-state index contributed by atoms with van der Waals surface area (Å²) < 4.78 is 33.5. The highest BCUT2D eigenvalue weighted by atomic mass is 32.3. The number of rotatable bonds is 4. The van der Waals surface area contributed by atoms with Crippen LogP contribution in [0.4, 0.5) is 0 Å². The highest BCUT2D eigenvalue weighted by Crippen LogP contribution is 2.19. The van der Waals surface area contributed by atoms with Crippen molar-refractivity contribution in [2.45, 2.75) is 19.1 Å². The first-order valence-electron chi connectivity index (χ1n) is 4.29. The minimum absolute atomic E-state index is 0.522. The van der Waals surface area contributed by atoms with Gasteiger partial charge in [0.15, 0.2) is 0 Å². The Morgan fingerprint density at radius 2 is 1.80 bits per heavy atom. The summed E-state index contributed by atoms with van der Waals surface area (Å²) in [5.74, 6) is 0. The molecule has 0 radical (unpaired) electrons. The fourth-order valence-electron chi connectivity index (χ4n) is 1.17. The molecule has 2 atom stereocenters. The molecule has 0 saturated carbocycles. The Labute approximate surface area is 88.3 Å². The summed E-state index contributed by atoms with van der Waals surface area (Å²) in [6.07, 6.45) is -2.14. The van der Waals surface area contributed by atoms with Crippen LogP contribution in [0.1, 0.15) is 18.6 Å². The third kappa shape index (κ3) is 3.96. The van der Waals surface area contributed by atoms with Crippen LogP contribution in [0.3, 0.4) is 0 Å². The van der Waals surface area contributed by atoms with Gasteiger partial charge >= 0.3 is 10.4 Å². The first-order valence-corrected chi connectivity index (χ1v) is 5.65. The van der Waals surface area contributed by atoms with E-state index in [0.717, 1.165) is 0 Å². The second-order valence-electron chi connectivity index (χ2n) is 3.08. The average Bonchev–Trinajstić information content (AvgIpc) is 2.15. The lowest BCUT2D eigenvalue weighted by molar-refractivity contribution is 0.0433. The van der Waals surface area contributed by atoms with Crippen molar-refractivity contribution in [3.05, 3.63) is 35.9 Å². The highest BCUT2D eigenvalue weighted by Gasteiger charge is 2.21. The van der Waals surface area contributed by atoms with Gasteiger partial charge in [-0.25, -0.2) is 4.18 Å². The number of benzene rings is 1. The van der Waals surface area contributed by atoms with E-state index in [9.17, 15) is 13.5 Å². The van der Waals surface area contributed by atoms with Crippen molar-refractivity contribution in [2.24, 2.45) is 0 Å². The first kappa shape index (κ1) is 12.1. The first-order chi connectivity index (χ1) is 6.90. The second kappa shape index (κ2) is 4.71. The van der Waals surface area contributed by atoms with Crippen LogP contribution in [0, 0.1) is 0 Å². The van der Waals surface area contributed by atoms with E-state index in [2.05, 4.69) is 4.18 Å². The lowest BCUT2D eigenvalue weighted by atomic mass is 10.1. The molecule has 0 aliphatic carbocycles. The van der Waals surface area contributed by atoms with Gasteiger partial charge in [-0.3, -0.25) is 4.55 Å². The molecular formula is C9H12O5S. The third-order valence-electron chi connectivity index (χ3n) is 1.86. The van der Waals surface area contributed by atoms with Crippen molar-refractivity contribution in [2.75, 3.05) is 0 Å². The van der Waals surface area contributed by atoms with Gasteiger partial charge < -0.3 is 5.11 Å². The molecule has 0 aliphatic heterocycles. The molecule has 84 valence electrons. The van der Waals surface area contributed by atoms with Gasteiger partial charge in [0, 0.05) is 0 Å². The topological polar surface area (TPSA) is 83.8 Å². The molecule has 5 nitrogen and oxygen atoms in total. The Hall–Kier alpha value is -0.950. The van der Waals surface area contributed by atoms with Crippen LogP contribution in [0.5, 0.6) is 0 Å². The third-order valence-corrected chi connectivity index (χ3v) is 2.41. The molecule has 2 N–H and O–H groups in total. The van der Waals surface area contributed by atoms with E-state index >= 15 is 0 Å². The lowest BCUT2D eigenvalue weighted by Crippen LogP contribution is -2.22. The Bertz CT molecular complexity index is 400. The fraction of sp³-hybridized carbons (Fsp3) is 0.333. The van der Waals surface area contributed by atoms with Crippen molar-refractivity contribution in [3.8, 4) is 0 Å². The van der Waals surface area contributed by atoms with Crippen molar-refractivity contribution < 1.29 is 22.3 Å². The smallest absolute Gasteiger partial charge is 0.386 e. The van der Waals surface area contributed by atoms with Gasteiger partial charge in [0.05, 0.1) is 0 Å². The highest BCUT2D eigenvalue weighted by molar-refractivity contribution is 7.80. The van der Waals surface area contributed by atoms with Crippen LogP contribution < -0.4 is 0 Å². The van der Waals surface area contributed by atoms with Crippen LogP contribution >= 0.6 is 0 Å². The van der Waals surface area contributed by atoms with Gasteiger partial charge in [0.25, 0.3) is 0 Å². The predicted molar refractivity (Wildman–Crippen MR) is 53.5 cm³/mol. The summed E-state index contributed by atoms with van der Waals surface area (Å²) in [7, 11) is -4.54. The van der Waals surface area contributed by atoms with Gasteiger partial charge in [0.1, 0.15) is 12.2 Å². The molecule has 6 heteroatoms. The molecule has 0 aliphatic rings. The number of hydrogen-bond acceptors (Lipinski definition) is 4. The van der Waals surface area contributed by atoms with E-state index in [1.807, 2.05) is 0 Å². The lowest BCUT2D eigenvalue weighted by Gasteiger charge is -2.17. The monoisotopic (exact) mass is 232 g/mol. The van der Waals surface area contributed by atoms with Crippen molar-refractivity contribution >= 4 is 10.4 Å². The Balaban J connectivity index is 2.73. The molecule has 0 saturated heterocycles. The van der Waals surface area contributed by atoms with Crippen LogP contribution in [0.2, 0.25) is 0 Å². The largest absolute Gasteiger partial charge is 0.397 e. The molecule has 0 spiro atoms. The van der Waals surface area contributed by atoms with Crippen LogP contribution in [0.15, 0.2) is 30.3 Å². The maximum atomic E-state index is 10.4. The van der Waals surface area contributed by atoms with Gasteiger partial charge in [-0.15, -0.1) is 0 Å². The number of aliphatic hydroxyl groups excluding tert-OH is 1. The van der Waals surface area contributed by atoms with E-state index in [1.54, 1.807) is 30.3 Å². The second-order valence-corrected chi connectivity index (χ2v) is 4.13. The minimum Gasteiger partial charge on any atom is -0.386 e. The van der Waals surface area contributed by atoms with Crippen LogP contribution in [0.25, 0.3) is 0 Å². The molecule has 2 unspecified atom stereocenters. The Morgan fingerprint density at radius 3 is 2.27 bits per heavy atom. The molecule has 0 fully saturated rings. The maximum absolute atomic E-state index is 10.4. The average molecular weight is 232 g/mol. The summed E-state index contributed by atoms with van der Waals surface area (Å²) >= 11 is 0. The van der Waals surface area contributed by atoms with E-state index < -0.39 is 22.6 Å². The van der Waals surface area contributed by atoms with E-state index in [0.29, 0.717) is 5.56 Å². The molecule has 0 amide bonds. The molecule has 1 aromatic rings. The van der Waals surface area contributed by atoms with E-state index in [-0.39, 0.29) is 0 Å².